The van der Waals surface area contributed by atoms with Crippen LogP contribution in [-0.4, -0.2) is 17.5 Å². The Labute approximate surface area is 199 Å². The molecule has 1 fully saturated rings. The fourth-order valence-corrected chi connectivity index (χ4v) is 10.2. The Morgan fingerprint density at radius 3 is 0.939 bits per heavy atom. The van der Waals surface area contributed by atoms with E-state index in [1.165, 1.54) is 21.2 Å². The average Bonchev–Trinajstić information content (AvgIpc) is 3.16. The predicted molar refractivity (Wildman–Crippen MR) is 142 cm³/mol. The summed E-state index contributed by atoms with van der Waals surface area (Å²) in [7, 11) is -1.59. The topological polar surface area (TPSA) is 18.5 Å². The van der Waals surface area contributed by atoms with Crippen LogP contribution in [0.15, 0.2) is 121 Å². The zero-order valence-electron chi connectivity index (χ0n) is 18.9. The number of ether oxygens (including phenoxy) is 2. The van der Waals surface area contributed by atoms with E-state index >= 15 is 0 Å². The Morgan fingerprint density at radius 2 is 0.697 bits per heavy atom. The SMILES string of the molecule is CC1(C)O[C@H](P(c2ccccc2)c2ccccc2)[C@@H](P(c2ccccc2)c2ccccc2)O1. The number of rotatable bonds is 6. The second-order valence-electron chi connectivity index (χ2n) is 8.50. The molecular weight excluding hydrogens is 442 g/mol. The zero-order chi connectivity index (χ0) is 22.7. The third-order valence-corrected chi connectivity index (χ3v) is 11.1. The van der Waals surface area contributed by atoms with Crippen molar-refractivity contribution in [1.82, 2.24) is 0 Å². The molecule has 2 atom stereocenters. The number of hydrogen-bond donors (Lipinski definition) is 0. The number of hydrogen-bond acceptors (Lipinski definition) is 2. The van der Waals surface area contributed by atoms with Crippen molar-refractivity contribution in [2.75, 3.05) is 0 Å². The monoisotopic (exact) mass is 470 g/mol. The molecule has 1 aliphatic rings. The van der Waals surface area contributed by atoms with E-state index < -0.39 is 21.6 Å². The quantitative estimate of drug-likeness (QED) is 0.337. The van der Waals surface area contributed by atoms with Crippen LogP contribution in [-0.2, 0) is 9.47 Å². The van der Waals surface area contributed by atoms with E-state index in [0.717, 1.165) is 0 Å². The Bertz CT molecular complexity index is 979. The van der Waals surface area contributed by atoms with E-state index in [0.29, 0.717) is 0 Å². The van der Waals surface area contributed by atoms with E-state index in [1.807, 2.05) is 13.8 Å². The first-order chi connectivity index (χ1) is 16.1. The molecule has 0 radical (unpaired) electrons. The minimum absolute atomic E-state index is 0.0636. The van der Waals surface area contributed by atoms with Crippen molar-refractivity contribution in [3.05, 3.63) is 121 Å². The summed E-state index contributed by atoms with van der Waals surface area (Å²) in [4.78, 5) is 0. The summed E-state index contributed by atoms with van der Waals surface area (Å²) < 4.78 is 13.6. The largest absolute Gasteiger partial charge is 0.339 e. The van der Waals surface area contributed by atoms with E-state index in [4.69, 9.17) is 9.47 Å². The van der Waals surface area contributed by atoms with Crippen molar-refractivity contribution in [1.29, 1.82) is 0 Å². The summed E-state index contributed by atoms with van der Waals surface area (Å²) in [5, 5.41) is 5.24. The molecule has 0 bridgehead atoms. The van der Waals surface area contributed by atoms with Crippen LogP contribution in [0.1, 0.15) is 13.8 Å². The number of benzene rings is 4. The molecule has 4 aromatic rings. The van der Waals surface area contributed by atoms with Gasteiger partial charge in [0.25, 0.3) is 0 Å². The van der Waals surface area contributed by atoms with Gasteiger partial charge in [0.1, 0.15) is 11.7 Å². The Balaban J connectivity index is 1.66. The summed E-state index contributed by atoms with van der Waals surface area (Å²) in [6.45, 7) is 4.10. The lowest BCUT2D eigenvalue weighted by atomic mass is 10.4. The van der Waals surface area contributed by atoms with Gasteiger partial charge in [0.05, 0.1) is 0 Å². The summed E-state index contributed by atoms with van der Waals surface area (Å²) in [5.74, 6) is -0.776. The van der Waals surface area contributed by atoms with Gasteiger partial charge in [0.2, 0.25) is 0 Å². The highest BCUT2D eigenvalue weighted by Crippen LogP contribution is 2.57. The Kier molecular flexibility index (Phi) is 6.72. The second kappa shape index (κ2) is 9.88. The van der Waals surface area contributed by atoms with E-state index in [-0.39, 0.29) is 11.7 Å². The highest BCUT2D eigenvalue weighted by Gasteiger charge is 2.49. The van der Waals surface area contributed by atoms with Crippen LogP contribution in [0.4, 0.5) is 0 Å². The van der Waals surface area contributed by atoms with Crippen molar-refractivity contribution in [2.24, 2.45) is 0 Å². The molecule has 0 aromatic heterocycles. The Hall–Kier alpha value is -2.34. The standard InChI is InChI=1S/C29H28O2P2/c1-29(2)30-27(32(23-15-7-3-8-16-23)24-17-9-4-10-18-24)28(31-29)33(25-19-11-5-12-20-25)26-21-13-6-14-22-26/h3-22,27-28H,1-2H3/t27-,28-/m1/s1. The maximum Gasteiger partial charge on any atom is 0.164 e. The molecular formula is C29H28O2P2. The first-order valence-electron chi connectivity index (χ1n) is 11.3. The maximum absolute atomic E-state index is 6.78. The summed E-state index contributed by atoms with van der Waals surface area (Å²) in [6.07, 6.45) is 0. The van der Waals surface area contributed by atoms with Crippen molar-refractivity contribution in [3.8, 4) is 0 Å². The van der Waals surface area contributed by atoms with Gasteiger partial charge in [0.15, 0.2) is 5.79 Å². The van der Waals surface area contributed by atoms with Crippen LogP contribution in [0.2, 0.25) is 0 Å². The fourth-order valence-electron chi connectivity index (χ4n) is 4.33. The van der Waals surface area contributed by atoms with Crippen LogP contribution in [0.25, 0.3) is 0 Å². The lowest BCUT2D eigenvalue weighted by Crippen LogP contribution is -2.33. The third kappa shape index (κ3) is 4.96. The smallest absolute Gasteiger partial charge is 0.164 e. The van der Waals surface area contributed by atoms with Crippen LogP contribution in [0.5, 0.6) is 0 Å². The first-order valence-corrected chi connectivity index (χ1v) is 14.1. The van der Waals surface area contributed by atoms with Gasteiger partial charge < -0.3 is 9.47 Å². The van der Waals surface area contributed by atoms with Gasteiger partial charge in [-0.15, -0.1) is 0 Å². The van der Waals surface area contributed by atoms with E-state index in [9.17, 15) is 0 Å². The molecule has 0 unspecified atom stereocenters. The lowest BCUT2D eigenvalue weighted by Gasteiger charge is -2.32. The lowest BCUT2D eigenvalue weighted by molar-refractivity contribution is -0.133. The molecule has 1 saturated heterocycles. The van der Waals surface area contributed by atoms with Gasteiger partial charge in [-0.3, -0.25) is 0 Å². The minimum atomic E-state index is -0.794. The highest BCUT2D eigenvalue weighted by molar-refractivity contribution is 7.77. The molecule has 4 aromatic carbocycles. The first kappa shape index (κ1) is 22.5. The molecule has 0 aliphatic carbocycles. The third-order valence-electron chi connectivity index (χ3n) is 5.70. The van der Waals surface area contributed by atoms with Crippen molar-refractivity contribution in [2.45, 2.75) is 31.3 Å². The molecule has 4 heteroatoms. The predicted octanol–water partition coefficient (Wildman–Crippen LogP) is 5.69. The van der Waals surface area contributed by atoms with Gasteiger partial charge in [0, 0.05) is 0 Å². The van der Waals surface area contributed by atoms with Crippen LogP contribution >= 0.6 is 15.8 Å². The van der Waals surface area contributed by atoms with Gasteiger partial charge >= 0.3 is 0 Å². The molecule has 0 N–H and O–H groups in total. The summed E-state index contributed by atoms with van der Waals surface area (Å²) >= 11 is 0. The molecule has 0 spiro atoms. The fraction of sp³-hybridized carbons (Fsp3) is 0.172. The molecule has 1 aliphatic heterocycles. The molecule has 0 saturated carbocycles. The van der Waals surface area contributed by atoms with E-state index in [1.54, 1.807) is 0 Å². The summed E-state index contributed by atoms with van der Waals surface area (Å²) in [6, 6.07) is 43.2. The van der Waals surface area contributed by atoms with Gasteiger partial charge in [-0.05, 0) is 50.9 Å². The molecule has 1 heterocycles. The minimum Gasteiger partial charge on any atom is -0.339 e. The van der Waals surface area contributed by atoms with Gasteiger partial charge in [-0.1, -0.05) is 121 Å². The second-order valence-corrected chi connectivity index (χ2v) is 13.1. The van der Waals surface area contributed by atoms with Crippen LogP contribution in [0.3, 0.4) is 0 Å². The average molecular weight is 470 g/mol. The highest BCUT2D eigenvalue weighted by atomic mass is 31.1. The summed E-state index contributed by atoms with van der Waals surface area (Å²) in [5.41, 5.74) is 0. The van der Waals surface area contributed by atoms with Crippen molar-refractivity contribution < 1.29 is 9.47 Å². The van der Waals surface area contributed by atoms with Gasteiger partial charge in [-0.2, -0.15) is 0 Å². The Morgan fingerprint density at radius 1 is 0.455 bits per heavy atom. The zero-order valence-corrected chi connectivity index (χ0v) is 20.7. The maximum atomic E-state index is 6.78. The normalized spacial score (nSPS) is 19.8. The van der Waals surface area contributed by atoms with Crippen LogP contribution < -0.4 is 21.2 Å². The molecule has 33 heavy (non-hydrogen) atoms. The molecule has 2 nitrogen and oxygen atoms in total. The van der Waals surface area contributed by atoms with Gasteiger partial charge in [-0.25, -0.2) is 0 Å². The van der Waals surface area contributed by atoms with Crippen molar-refractivity contribution in [3.63, 3.8) is 0 Å². The van der Waals surface area contributed by atoms with Crippen molar-refractivity contribution >= 4 is 37.1 Å². The van der Waals surface area contributed by atoms with E-state index in [2.05, 4.69) is 121 Å². The molecule has 0 amide bonds. The van der Waals surface area contributed by atoms with Crippen LogP contribution in [0, 0.1) is 0 Å². The molecule has 5 rings (SSSR count). The molecule has 166 valence electrons.